The summed E-state index contributed by atoms with van der Waals surface area (Å²) in [5, 5.41) is 0. The third kappa shape index (κ3) is 4.59. The molecule has 2 aromatic carbocycles. The van der Waals surface area contributed by atoms with E-state index in [4.69, 9.17) is 23.7 Å². The zero-order valence-electron chi connectivity index (χ0n) is 15.4. The van der Waals surface area contributed by atoms with Gasteiger partial charge in [-0.05, 0) is 23.8 Å². The molecule has 1 fully saturated rings. The van der Waals surface area contributed by atoms with Gasteiger partial charge in [0.1, 0.15) is 12.7 Å². The summed E-state index contributed by atoms with van der Waals surface area (Å²) < 4.78 is 28.4. The number of rotatable bonds is 7. The monoisotopic (exact) mass is 382 g/mol. The molecule has 0 bridgehead atoms. The van der Waals surface area contributed by atoms with Crippen LogP contribution in [0.2, 0.25) is 0 Å². The molecule has 0 amide bonds. The standard InChI is InChI=1S/C22H22O6/c23-21(17-9-5-2-6-10-17)27-15-20-18(26-14-16-7-3-1-4-8-16)13-19(28-20)22-24-11-12-25-22/h1-10,13,18,20,22H,11-12,14-15H2/t18-,20+/m0/s1. The molecule has 2 aliphatic rings. The third-order valence-corrected chi connectivity index (χ3v) is 4.51. The Bertz CT molecular complexity index is 798. The van der Waals surface area contributed by atoms with E-state index in [0.717, 1.165) is 5.56 Å². The van der Waals surface area contributed by atoms with Crippen LogP contribution in [0.15, 0.2) is 72.5 Å². The molecule has 2 heterocycles. The normalized spacial score (nSPS) is 21.9. The number of esters is 1. The van der Waals surface area contributed by atoms with Gasteiger partial charge in [0.2, 0.25) is 6.29 Å². The van der Waals surface area contributed by atoms with E-state index in [9.17, 15) is 4.79 Å². The van der Waals surface area contributed by atoms with Crippen molar-refractivity contribution in [2.75, 3.05) is 19.8 Å². The second-order valence-corrected chi connectivity index (χ2v) is 6.52. The summed E-state index contributed by atoms with van der Waals surface area (Å²) in [7, 11) is 0. The number of benzene rings is 2. The molecule has 0 aliphatic carbocycles. The van der Waals surface area contributed by atoms with Crippen LogP contribution < -0.4 is 0 Å². The summed E-state index contributed by atoms with van der Waals surface area (Å²) in [5.41, 5.74) is 1.55. The summed E-state index contributed by atoms with van der Waals surface area (Å²) >= 11 is 0. The highest BCUT2D eigenvalue weighted by Crippen LogP contribution is 2.28. The molecule has 1 saturated heterocycles. The van der Waals surface area contributed by atoms with E-state index in [0.29, 0.717) is 31.1 Å². The summed E-state index contributed by atoms with van der Waals surface area (Å²) in [6, 6.07) is 18.7. The number of carbonyl (C=O) groups excluding carboxylic acids is 1. The first-order chi connectivity index (χ1) is 13.8. The van der Waals surface area contributed by atoms with E-state index in [-0.39, 0.29) is 12.7 Å². The molecule has 0 spiro atoms. The lowest BCUT2D eigenvalue weighted by molar-refractivity contribution is -0.0835. The molecule has 6 heteroatoms. The first-order valence-corrected chi connectivity index (χ1v) is 9.29. The molecule has 0 N–H and O–H groups in total. The van der Waals surface area contributed by atoms with Crippen LogP contribution >= 0.6 is 0 Å². The summed E-state index contributed by atoms with van der Waals surface area (Å²) in [5.74, 6) is 0.171. The van der Waals surface area contributed by atoms with Crippen molar-refractivity contribution in [3.63, 3.8) is 0 Å². The van der Waals surface area contributed by atoms with Crippen LogP contribution in [0.4, 0.5) is 0 Å². The number of carbonyl (C=O) groups is 1. The fourth-order valence-corrected chi connectivity index (χ4v) is 3.07. The van der Waals surface area contributed by atoms with E-state index in [1.807, 2.05) is 42.5 Å². The van der Waals surface area contributed by atoms with Crippen molar-refractivity contribution < 1.29 is 28.5 Å². The van der Waals surface area contributed by atoms with Gasteiger partial charge in [-0.3, -0.25) is 0 Å². The molecule has 0 saturated carbocycles. The molecule has 146 valence electrons. The first kappa shape index (κ1) is 18.7. The van der Waals surface area contributed by atoms with Gasteiger partial charge >= 0.3 is 5.97 Å². The van der Waals surface area contributed by atoms with Crippen LogP contribution in [-0.4, -0.2) is 44.3 Å². The van der Waals surface area contributed by atoms with Gasteiger partial charge in [0, 0.05) is 0 Å². The van der Waals surface area contributed by atoms with Crippen LogP contribution in [0.25, 0.3) is 0 Å². The molecule has 0 radical (unpaired) electrons. The smallest absolute Gasteiger partial charge is 0.338 e. The molecule has 2 aromatic rings. The third-order valence-electron chi connectivity index (χ3n) is 4.51. The maximum Gasteiger partial charge on any atom is 0.338 e. The van der Waals surface area contributed by atoms with Crippen molar-refractivity contribution in [3.05, 3.63) is 83.6 Å². The fourth-order valence-electron chi connectivity index (χ4n) is 3.07. The van der Waals surface area contributed by atoms with Gasteiger partial charge in [0.25, 0.3) is 0 Å². The van der Waals surface area contributed by atoms with Gasteiger partial charge < -0.3 is 23.7 Å². The fraction of sp³-hybridized carbons (Fsp3) is 0.318. The Kier molecular flexibility index (Phi) is 6.01. The highest BCUT2D eigenvalue weighted by molar-refractivity contribution is 5.89. The Morgan fingerprint density at radius 3 is 2.36 bits per heavy atom. The van der Waals surface area contributed by atoms with Crippen molar-refractivity contribution in [2.45, 2.75) is 25.1 Å². The lowest BCUT2D eigenvalue weighted by Crippen LogP contribution is -2.31. The van der Waals surface area contributed by atoms with E-state index in [1.165, 1.54) is 0 Å². The van der Waals surface area contributed by atoms with E-state index < -0.39 is 18.4 Å². The molecular weight excluding hydrogens is 360 g/mol. The van der Waals surface area contributed by atoms with Crippen LogP contribution in [0.3, 0.4) is 0 Å². The van der Waals surface area contributed by atoms with Gasteiger partial charge in [-0.1, -0.05) is 48.5 Å². The lowest BCUT2D eigenvalue weighted by atomic mass is 10.2. The maximum absolute atomic E-state index is 12.2. The summed E-state index contributed by atoms with van der Waals surface area (Å²) in [6.07, 6.45) is 0.489. The second kappa shape index (κ2) is 9.01. The number of ether oxygens (including phenoxy) is 5. The minimum atomic E-state index is -0.530. The highest BCUT2D eigenvalue weighted by atomic mass is 16.7. The quantitative estimate of drug-likeness (QED) is 0.686. The molecular formula is C22H22O6. The van der Waals surface area contributed by atoms with E-state index in [1.54, 1.807) is 24.3 Å². The highest BCUT2D eigenvalue weighted by Gasteiger charge is 2.36. The molecule has 0 unspecified atom stereocenters. The Hall–Kier alpha value is -2.67. The van der Waals surface area contributed by atoms with Crippen molar-refractivity contribution in [3.8, 4) is 0 Å². The number of hydrogen-bond acceptors (Lipinski definition) is 6. The molecule has 4 rings (SSSR count). The maximum atomic E-state index is 12.2. The SMILES string of the molecule is O=C(OC[C@H]1OC(C2OCCO2)=C[C@@H]1OCc1ccccc1)c1ccccc1. The van der Waals surface area contributed by atoms with Crippen molar-refractivity contribution in [1.82, 2.24) is 0 Å². The average molecular weight is 382 g/mol. The zero-order chi connectivity index (χ0) is 19.2. The minimum absolute atomic E-state index is 0.0693. The summed E-state index contributed by atoms with van der Waals surface area (Å²) in [6.45, 7) is 1.54. The Morgan fingerprint density at radius 2 is 1.64 bits per heavy atom. The Morgan fingerprint density at radius 1 is 0.964 bits per heavy atom. The van der Waals surface area contributed by atoms with Gasteiger partial charge in [0.15, 0.2) is 11.9 Å². The Labute approximate surface area is 163 Å². The topological polar surface area (TPSA) is 63.2 Å². The second-order valence-electron chi connectivity index (χ2n) is 6.52. The molecule has 2 aliphatic heterocycles. The molecule has 0 aromatic heterocycles. The van der Waals surface area contributed by atoms with Gasteiger partial charge in [-0.25, -0.2) is 4.79 Å². The van der Waals surface area contributed by atoms with Crippen LogP contribution in [0.5, 0.6) is 0 Å². The largest absolute Gasteiger partial charge is 0.483 e. The van der Waals surface area contributed by atoms with Crippen LogP contribution in [0, 0.1) is 0 Å². The van der Waals surface area contributed by atoms with E-state index in [2.05, 4.69) is 0 Å². The summed E-state index contributed by atoms with van der Waals surface area (Å²) in [4.78, 5) is 12.2. The first-order valence-electron chi connectivity index (χ1n) is 9.29. The zero-order valence-corrected chi connectivity index (χ0v) is 15.4. The van der Waals surface area contributed by atoms with Crippen molar-refractivity contribution in [1.29, 1.82) is 0 Å². The predicted octanol–water partition coefficient (Wildman–Crippen LogP) is 3.08. The molecule has 2 atom stereocenters. The average Bonchev–Trinajstić information content (AvgIpc) is 3.42. The van der Waals surface area contributed by atoms with Crippen LogP contribution in [-0.2, 0) is 30.3 Å². The minimum Gasteiger partial charge on any atom is -0.483 e. The predicted molar refractivity (Wildman–Crippen MR) is 100 cm³/mol. The number of hydrogen-bond donors (Lipinski definition) is 0. The Balaban J connectivity index is 1.39. The molecule has 6 nitrogen and oxygen atoms in total. The van der Waals surface area contributed by atoms with Crippen LogP contribution in [0.1, 0.15) is 15.9 Å². The van der Waals surface area contributed by atoms with Gasteiger partial charge in [-0.15, -0.1) is 0 Å². The molecule has 28 heavy (non-hydrogen) atoms. The van der Waals surface area contributed by atoms with Crippen molar-refractivity contribution in [2.24, 2.45) is 0 Å². The lowest BCUT2D eigenvalue weighted by Gasteiger charge is -2.20. The van der Waals surface area contributed by atoms with Gasteiger partial charge in [-0.2, -0.15) is 0 Å². The van der Waals surface area contributed by atoms with Gasteiger partial charge in [0.05, 0.1) is 25.4 Å². The van der Waals surface area contributed by atoms with E-state index >= 15 is 0 Å². The van der Waals surface area contributed by atoms with Crippen molar-refractivity contribution >= 4 is 5.97 Å².